The molecule has 28 heavy (non-hydrogen) atoms. The number of amides is 1. The quantitative estimate of drug-likeness (QED) is 0.544. The normalized spacial score (nSPS) is 11.2. The fourth-order valence-electron chi connectivity index (χ4n) is 3.12. The number of H-pyrrole nitrogens is 1. The third-order valence-electron chi connectivity index (χ3n) is 4.43. The lowest BCUT2D eigenvalue weighted by Crippen LogP contribution is -2.27. The van der Waals surface area contributed by atoms with Crippen LogP contribution in [0.1, 0.15) is 5.56 Å². The summed E-state index contributed by atoms with van der Waals surface area (Å²) in [4.78, 5) is 13.9. The Morgan fingerprint density at radius 3 is 2.75 bits per heavy atom. The Labute approximate surface area is 163 Å². The van der Waals surface area contributed by atoms with E-state index in [1.807, 2.05) is 72.5 Å². The van der Waals surface area contributed by atoms with Gasteiger partial charge in [0.15, 0.2) is 5.82 Å². The average Bonchev–Trinajstić information content (AvgIpc) is 3.29. The van der Waals surface area contributed by atoms with Crippen LogP contribution in [0.4, 0.5) is 5.82 Å². The number of nitrogens with zero attached hydrogens (tertiary/aromatic N) is 4. The molecule has 4 rings (SSSR count). The van der Waals surface area contributed by atoms with Crippen LogP contribution in [-0.2, 0) is 11.3 Å². The van der Waals surface area contributed by atoms with Gasteiger partial charge < -0.3 is 10.2 Å². The number of likely N-dealkylation sites (N-methyl/N-ethyl adjacent to an activating group) is 1. The summed E-state index contributed by atoms with van der Waals surface area (Å²) in [6.07, 6.45) is 3.88. The number of hydrogen-bond acceptors (Lipinski definition) is 4. The fraction of sp³-hybridized carbons (Fsp3) is 0.190. The number of benzene rings is 2. The Hall–Kier alpha value is -3.45. The van der Waals surface area contributed by atoms with Crippen LogP contribution < -0.4 is 5.32 Å². The van der Waals surface area contributed by atoms with Crippen molar-refractivity contribution in [2.75, 3.05) is 26.0 Å². The van der Waals surface area contributed by atoms with Gasteiger partial charge in [0, 0.05) is 17.1 Å². The number of aromatic amines is 1. The van der Waals surface area contributed by atoms with E-state index in [-0.39, 0.29) is 5.91 Å². The van der Waals surface area contributed by atoms with Gasteiger partial charge in [-0.2, -0.15) is 10.2 Å². The van der Waals surface area contributed by atoms with Crippen molar-refractivity contribution in [3.8, 4) is 11.1 Å². The Bertz CT molecular complexity index is 1100. The molecule has 2 N–H and O–H groups in total. The van der Waals surface area contributed by atoms with Crippen molar-refractivity contribution in [2.24, 2.45) is 0 Å². The van der Waals surface area contributed by atoms with Crippen molar-refractivity contribution in [3.63, 3.8) is 0 Å². The number of aromatic nitrogens is 4. The van der Waals surface area contributed by atoms with Gasteiger partial charge in [0.1, 0.15) is 0 Å². The zero-order valence-electron chi connectivity index (χ0n) is 15.9. The molecule has 7 heteroatoms. The van der Waals surface area contributed by atoms with Crippen molar-refractivity contribution in [1.82, 2.24) is 24.9 Å². The predicted octanol–water partition coefficient (Wildman–Crippen LogP) is 2.97. The molecule has 7 nitrogen and oxygen atoms in total. The van der Waals surface area contributed by atoms with Gasteiger partial charge in [-0.05, 0) is 37.4 Å². The molecule has 0 aliphatic rings. The summed E-state index contributed by atoms with van der Waals surface area (Å²) in [6, 6.07) is 16.2. The number of rotatable bonds is 6. The third kappa shape index (κ3) is 3.94. The molecule has 0 fully saturated rings. The maximum Gasteiger partial charge on any atom is 0.239 e. The fourth-order valence-corrected chi connectivity index (χ4v) is 3.12. The van der Waals surface area contributed by atoms with Crippen LogP contribution in [-0.4, -0.2) is 51.4 Å². The largest absolute Gasteiger partial charge is 0.308 e. The monoisotopic (exact) mass is 374 g/mol. The molecule has 0 atom stereocenters. The van der Waals surface area contributed by atoms with E-state index < -0.39 is 0 Å². The summed E-state index contributed by atoms with van der Waals surface area (Å²) in [6.45, 7) is 1.03. The topological polar surface area (TPSA) is 78.8 Å². The highest BCUT2D eigenvalue weighted by atomic mass is 16.2. The summed E-state index contributed by atoms with van der Waals surface area (Å²) in [7, 11) is 3.71. The van der Waals surface area contributed by atoms with E-state index in [0.29, 0.717) is 12.4 Å². The lowest BCUT2D eigenvalue weighted by atomic mass is 10.1. The maximum absolute atomic E-state index is 12.1. The van der Waals surface area contributed by atoms with E-state index in [1.54, 1.807) is 0 Å². The summed E-state index contributed by atoms with van der Waals surface area (Å²) >= 11 is 0. The number of carbonyl (C=O) groups excluding carboxylic acids is 1. The van der Waals surface area contributed by atoms with Crippen LogP contribution in [0, 0.1) is 0 Å². The molecule has 142 valence electrons. The van der Waals surface area contributed by atoms with E-state index >= 15 is 0 Å². The minimum atomic E-state index is -0.0977. The first-order valence-corrected chi connectivity index (χ1v) is 9.08. The van der Waals surface area contributed by atoms with Gasteiger partial charge in [-0.3, -0.25) is 14.6 Å². The maximum atomic E-state index is 12.1. The highest BCUT2D eigenvalue weighted by molar-refractivity contribution is 6.01. The molecule has 0 bridgehead atoms. The first-order valence-electron chi connectivity index (χ1n) is 9.08. The summed E-state index contributed by atoms with van der Waals surface area (Å²) in [5.74, 6) is 0.444. The van der Waals surface area contributed by atoms with E-state index in [4.69, 9.17) is 0 Å². The molecule has 2 aromatic carbocycles. The molecule has 0 spiro atoms. The molecule has 0 aliphatic carbocycles. The Balaban J connectivity index is 1.58. The van der Waals surface area contributed by atoms with Crippen LogP contribution in [0.5, 0.6) is 0 Å². The lowest BCUT2D eigenvalue weighted by molar-refractivity contribution is -0.116. The van der Waals surface area contributed by atoms with Gasteiger partial charge >= 0.3 is 0 Å². The van der Waals surface area contributed by atoms with Gasteiger partial charge in [0.05, 0.1) is 24.8 Å². The molecule has 0 radical (unpaired) electrons. The lowest BCUT2D eigenvalue weighted by Gasteiger charge is -2.08. The number of hydrogen-bond donors (Lipinski definition) is 2. The average molecular weight is 374 g/mol. The Morgan fingerprint density at radius 1 is 1.14 bits per heavy atom. The van der Waals surface area contributed by atoms with Gasteiger partial charge in [-0.25, -0.2) is 0 Å². The molecule has 2 aromatic heterocycles. The van der Waals surface area contributed by atoms with Crippen molar-refractivity contribution in [3.05, 3.63) is 66.5 Å². The molecule has 1 amide bonds. The van der Waals surface area contributed by atoms with Crippen molar-refractivity contribution >= 4 is 22.6 Å². The zero-order valence-corrected chi connectivity index (χ0v) is 15.9. The first kappa shape index (κ1) is 17.9. The van der Waals surface area contributed by atoms with Gasteiger partial charge in [-0.15, -0.1) is 0 Å². The van der Waals surface area contributed by atoms with Crippen LogP contribution in [0.3, 0.4) is 0 Å². The van der Waals surface area contributed by atoms with E-state index in [9.17, 15) is 4.79 Å². The first-order chi connectivity index (χ1) is 13.6. The highest BCUT2D eigenvalue weighted by Gasteiger charge is 2.12. The predicted molar refractivity (Wildman–Crippen MR) is 110 cm³/mol. The molecule has 4 aromatic rings. The van der Waals surface area contributed by atoms with E-state index in [1.165, 1.54) is 5.56 Å². The van der Waals surface area contributed by atoms with Gasteiger partial charge in [-0.1, -0.05) is 36.4 Å². The third-order valence-corrected chi connectivity index (χ3v) is 4.43. The minimum Gasteiger partial charge on any atom is -0.308 e. The van der Waals surface area contributed by atoms with Crippen molar-refractivity contribution in [1.29, 1.82) is 0 Å². The summed E-state index contributed by atoms with van der Waals surface area (Å²) in [5, 5.41) is 15.4. The zero-order chi connectivity index (χ0) is 19.5. The second-order valence-corrected chi connectivity index (χ2v) is 7.03. The van der Waals surface area contributed by atoms with Gasteiger partial charge in [0.25, 0.3) is 0 Å². The molecular weight excluding hydrogens is 352 g/mol. The summed E-state index contributed by atoms with van der Waals surface area (Å²) < 4.78 is 1.92. The van der Waals surface area contributed by atoms with Gasteiger partial charge in [0.2, 0.25) is 5.91 Å². The number of nitrogens with one attached hydrogen (secondary N) is 2. The second-order valence-electron chi connectivity index (χ2n) is 7.03. The standard InChI is InChI=1S/C21H22N6O/c1-26(2)14-20(28)23-21-18-10-16(8-9-19(18)24-25-21)17-11-22-27(13-17)12-15-6-4-3-5-7-15/h3-11,13H,12,14H2,1-2H3,(H2,23,24,25,28). The number of anilines is 1. The van der Waals surface area contributed by atoms with Crippen LogP contribution >= 0.6 is 0 Å². The molecular formula is C21H22N6O. The number of carbonyl (C=O) groups is 1. The molecule has 0 saturated carbocycles. The second kappa shape index (κ2) is 7.66. The number of fused-ring (bicyclic) bond motifs is 1. The molecule has 0 unspecified atom stereocenters. The van der Waals surface area contributed by atoms with E-state index in [0.717, 1.165) is 28.6 Å². The van der Waals surface area contributed by atoms with E-state index in [2.05, 4.69) is 32.7 Å². The van der Waals surface area contributed by atoms with Crippen LogP contribution in [0.2, 0.25) is 0 Å². The Kier molecular flexibility index (Phi) is 4.90. The van der Waals surface area contributed by atoms with Crippen LogP contribution in [0.25, 0.3) is 22.0 Å². The van der Waals surface area contributed by atoms with Crippen molar-refractivity contribution in [2.45, 2.75) is 6.54 Å². The SMILES string of the molecule is CN(C)CC(=O)Nc1n[nH]c2ccc(-c3cnn(Cc4ccccc4)c3)cc12. The molecule has 2 heterocycles. The molecule has 0 saturated heterocycles. The minimum absolute atomic E-state index is 0.0977. The van der Waals surface area contributed by atoms with Crippen LogP contribution in [0.15, 0.2) is 60.9 Å². The van der Waals surface area contributed by atoms with Crippen molar-refractivity contribution < 1.29 is 4.79 Å². The summed E-state index contributed by atoms with van der Waals surface area (Å²) in [5.41, 5.74) is 4.12. The highest BCUT2D eigenvalue weighted by Crippen LogP contribution is 2.27. The molecule has 0 aliphatic heterocycles. The Morgan fingerprint density at radius 2 is 1.96 bits per heavy atom. The smallest absolute Gasteiger partial charge is 0.239 e.